The van der Waals surface area contributed by atoms with Gasteiger partial charge in [0.25, 0.3) is 0 Å². The highest BCUT2D eigenvalue weighted by molar-refractivity contribution is 5.42. The number of rotatable bonds is 5. The normalized spacial score (nSPS) is 11.3. The van der Waals surface area contributed by atoms with Crippen molar-refractivity contribution in [2.24, 2.45) is 5.92 Å². The summed E-state index contributed by atoms with van der Waals surface area (Å²) in [6.45, 7) is 9.67. The van der Waals surface area contributed by atoms with Crippen molar-refractivity contribution in [3.8, 4) is 0 Å². The van der Waals surface area contributed by atoms with Gasteiger partial charge in [-0.3, -0.25) is 0 Å². The van der Waals surface area contributed by atoms with Gasteiger partial charge in [-0.2, -0.15) is 0 Å². The molecule has 3 nitrogen and oxygen atoms in total. The lowest BCUT2D eigenvalue weighted by molar-refractivity contribution is 0.281. The van der Waals surface area contributed by atoms with Crippen molar-refractivity contribution in [3.63, 3.8) is 0 Å². The Labute approximate surface area is 104 Å². The fraction of sp³-hybridized carbons (Fsp3) is 0.643. The van der Waals surface area contributed by atoms with Crippen LogP contribution < -0.4 is 4.90 Å². The molecule has 0 spiro atoms. The third kappa shape index (κ3) is 4.00. The summed E-state index contributed by atoms with van der Waals surface area (Å²) in [5.41, 5.74) is 1.98. The summed E-state index contributed by atoms with van der Waals surface area (Å²) >= 11 is 0. The number of aromatic nitrogens is 1. The molecular formula is C14H24N2O. The summed E-state index contributed by atoms with van der Waals surface area (Å²) < 4.78 is 0. The van der Waals surface area contributed by atoms with E-state index in [1.165, 1.54) is 0 Å². The van der Waals surface area contributed by atoms with Crippen LogP contribution in [-0.2, 0) is 6.61 Å². The predicted octanol–water partition coefficient (Wildman–Crippen LogP) is 2.79. The largest absolute Gasteiger partial charge is 0.392 e. The molecule has 0 amide bonds. The number of nitrogens with zero attached hydrogens (tertiary/aromatic N) is 2. The van der Waals surface area contributed by atoms with Crippen molar-refractivity contribution >= 4 is 5.82 Å². The van der Waals surface area contributed by atoms with Crippen LogP contribution in [0.2, 0.25) is 0 Å². The van der Waals surface area contributed by atoms with Crippen LogP contribution in [-0.4, -0.2) is 23.7 Å². The minimum atomic E-state index is 0.0742. The first kappa shape index (κ1) is 14.0. The van der Waals surface area contributed by atoms with E-state index in [9.17, 15) is 5.11 Å². The Balaban J connectivity index is 3.01. The molecule has 0 bridgehead atoms. The van der Waals surface area contributed by atoms with Gasteiger partial charge in [0.05, 0.1) is 6.61 Å². The minimum absolute atomic E-state index is 0.0742. The Bertz CT molecular complexity index is 361. The minimum Gasteiger partial charge on any atom is -0.392 e. The first-order chi connectivity index (χ1) is 7.93. The molecule has 3 heteroatoms. The third-order valence-electron chi connectivity index (χ3n) is 2.70. The van der Waals surface area contributed by atoms with Crippen molar-refractivity contribution in [1.82, 2.24) is 4.98 Å². The summed E-state index contributed by atoms with van der Waals surface area (Å²) in [6, 6.07) is 3.95. The fourth-order valence-electron chi connectivity index (χ4n) is 1.82. The van der Waals surface area contributed by atoms with Crippen LogP contribution >= 0.6 is 0 Å². The molecule has 0 unspecified atom stereocenters. The summed E-state index contributed by atoms with van der Waals surface area (Å²) in [5, 5.41) is 9.29. The maximum Gasteiger partial charge on any atom is 0.128 e. The maximum atomic E-state index is 9.29. The van der Waals surface area contributed by atoms with Crippen LogP contribution in [0.25, 0.3) is 0 Å². The fourth-order valence-corrected chi connectivity index (χ4v) is 1.82. The van der Waals surface area contributed by atoms with Gasteiger partial charge in [-0.05, 0) is 29.5 Å². The first-order valence-corrected chi connectivity index (χ1v) is 6.27. The first-order valence-electron chi connectivity index (χ1n) is 6.27. The number of aliphatic hydroxyl groups is 1. The number of hydrogen-bond donors (Lipinski definition) is 1. The van der Waals surface area contributed by atoms with Crippen molar-refractivity contribution in [3.05, 3.63) is 23.4 Å². The van der Waals surface area contributed by atoms with Gasteiger partial charge in [0.2, 0.25) is 0 Å². The number of anilines is 1. The van der Waals surface area contributed by atoms with E-state index in [1.54, 1.807) is 0 Å². The van der Waals surface area contributed by atoms with Crippen molar-refractivity contribution < 1.29 is 5.11 Å². The summed E-state index contributed by atoms with van der Waals surface area (Å²) in [6.07, 6.45) is 0. The van der Waals surface area contributed by atoms with E-state index in [2.05, 4.69) is 37.6 Å². The highest BCUT2D eigenvalue weighted by atomic mass is 16.3. The Morgan fingerprint density at radius 2 is 1.88 bits per heavy atom. The number of aliphatic hydroxyl groups excluding tert-OH is 1. The number of pyridine rings is 1. The summed E-state index contributed by atoms with van der Waals surface area (Å²) in [7, 11) is 2.05. The third-order valence-corrected chi connectivity index (χ3v) is 2.70. The van der Waals surface area contributed by atoms with Gasteiger partial charge in [-0.1, -0.05) is 27.7 Å². The zero-order valence-electron chi connectivity index (χ0n) is 11.6. The highest BCUT2D eigenvalue weighted by Crippen LogP contribution is 2.20. The van der Waals surface area contributed by atoms with Gasteiger partial charge in [-0.25, -0.2) is 4.98 Å². The smallest absolute Gasteiger partial charge is 0.128 e. The van der Waals surface area contributed by atoms with Crippen LogP contribution in [0.5, 0.6) is 0 Å². The summed E-state index contributed by atoms with van der Waals surface area (Å²) in [4.78, 5) is 6.80. The Kier molecular flexibility index (Phi) is 4.94. The molecular weight excluding hydrogens is 212 g/mol. The molecule has 0 atom stereocenters. The van der Waals surface area contributed by atoms with E-state index in [0.29, 0.717) is 11.8 Å². The van der Waals surface area contributed by atoms with Gasteiger partial charge in [0.15, 0.2) is 0 Å². The molecule has 1 heterocycles. The Morgan fingerprint density at radius 1 is 1.24 bits per heavy atom. The van der Waals surface area contributed by atoms with Crippen LogP contribution in [0, 0.1) is 5.92 Å². The van der Waals surface area contributed by atoms with E-state index in [0.717, 1.165) is 23.6 Å². The van der Waals surface area contributed by atoms with Crippen LogP contribution in [0.3, 0.4) is 0 Å². The maximum absolute atomic E-state index is 9.29. The average molecular weight is 236 g/mol. The van der Waals surface area contributed by atoms with E-state index in [1.807, 2.05) is 19.2 Å². The van der Waals surface area contributed by atoms with E-state index < -0.39 is 0 Å². The predicted molar refractivity (Wildman–Crippen MR) is 72.4 cm³/mol. The van der Waals surface area contributed by atoms with Gasteiger partial charge < -0.3 is 10.0 Å². The molecule has 0 saturated carbocycles. The molecule has 0 aromatic carbocycles. The van der Waals surface area contributed by atoms with Crippen molar-refractivity contribution in [1.29, 1.82) is 0 Å². The molecule has 0 fully saturated rings. The second-order valence-corrected chi connectivity index (χ2v) is 5.35. The molecule has 0 radical (unpaired) electrons. The Hall–Kier alpha value is -1.09. The number of hydrogen-bond acceptors (Lipinski definition) is 3. The molecule has 17 heavy (non-hydrogen) atoms. The second kappa shape index (κ2) is 6.01. The molecule has 1 rings (SSSR count). The SMILES string of the molecule is CC(C)CN(C)c1cc(CO)cc(C(C)C)n1. The van der Waals surface area contributed by atoms with Crippen molar-refractivity contribution in [2.75, 3.05) is 18.5 Å². The highest BCUT2D eigenvalue weighted by Gasteiger charge is 2.10. The standard InChI is InChI=1S/C14H24N2O/c1-10(2)8-16(5)14-7-12(9-17)6-13(15-14)11(3)4/h6-7,10-11,17H,8-9H2,1-5H3. The molecule has 0 aliphatic carbocycles. The molecule has 0 aliphatic heterocycles. The lowest BCUT2D eigenvalue weighted by Crippen LogP contribution is -2.24. The van der Waals surface area contributed by atoms with Gasteiger partial charge in [-0.15, -0.1) is 0 Å². The quantitative estimate of drug-likeness (QED) is 0.854. The van der Waals surface area contributed by atoms with E-state index in [-0.39, 0.29) is 6.61 Å². The van der Waals surface area contributed by atoms with Crippen LogP contribution in [0.15, 0.2) is 12.1 Å². The summed E-state index contributed by atoms with van der Waals surface area (Å²) in [5.74, 6) is 1.93. The average Bonchev–Trinajstić information content (AvgIpc) is 2.27. The zero-order chi connectivity index (χ0) is 13.0. The zero-order valence-corrected chi connectivity index (χ0v) is 11.6. The molecule has 96 valence electrons. The molecule has 1 aromatic rings. The lowest BCUT2D eigenvalue weighted by atomic mass is 10.1. The molecule has 1 N–H and O–H groups in total. The van der Waals surface area contributed by atoms with Gasteiger partial charge >= 0.3 is 0 Å². The molecule has 1 aromatic heterocycles. The van der Waals surface area contributed by atoms with Gasteiger partial charge in [0.1, 0.15) is 5.82 Å². The monoisotopic (exact) mass is 236 g/mol. The van der Waals surface area contributed by atoms with Gasteiger partial charge in [0, 0.05) is 19.3 Å². The van der Waals surface area contributed by atoms with Crippen LogP contribution in [0.4, 0.5) is 5.82 Å². The lowest BCUT2D eigenvalue weighted by Gasteiger charge is -2.22. The topological polar surface area (TPSA) is 36.4 Å². The second-order valence-electron chi connectivity index (χ2n) is 5.35. The van der Waals surface area contributed by atoms with Crippen molar-refractivity contribution in [2.45, 2.75) is 40.2 Å². The van der Waals surface area contributed by atoms with E-state index in [4.69, 9.17) is 0 Å². The van der Waals surface area contributed by atoms with Crippen LogP contribution in [0.1, 0.15) is 44.9 Å². The Morgan fingerprint density at radius 3 is 2.35 bits per heavy atom. The molecule has 0 aliphatic rings. The van der Waals surface area contributed by atoms with E-state index >= 15 is 0 Å². The molecule has 0 saturated heterocycles.